The van der Waals surface area contributed by atoms with E-state index < -0.39 is 0 Å². The molecular weight excluding hydrogens is 230 g/mol. The SMILES string of the molecule is Cc1ccc(C#CCCO)c(-n2cn[nH]c2=O)c1. The fourth-order valence-corrected chi connectivity index (χ4v) is 1.58. The Kier molecular flexibility index (Phi) is 3.60. The molecule has 18 heavy (non-hydrogen) atoms. The lowest BCUT2D eigenvalue weighted by molar-refractivity contribution is 0.305. The second kappa shape index (κ2) is 5.34. The van der Waals surface area contributed by atoms with E-state index in [1.807, 2.05) is 25.1 Å². The Morgan fingerprint density at radius 1 is 1.50 bits per heavy atom. The Bertz CT molecular complexity index is 659. The molecule has 1 aromatic carbocycles. The normalized spacial score (nSPS) is 9.89. The third-order valence-electron chi connectivity index (χ3n) is 2.42. The van der Waals surface area contributed by atoms with Crippen LogP contribution >= 0.6 is 0 Å². The number of aliphatic hydroxyl groups is 1. The number of aromatic nitrogens is 3. The van der Waals surface area contributed by atoms with Crippen LogP contribution in [0.15, 0.2) is 29.3 Å². The van der Waals surface area contributed by atoms with Gasteiger partial charge in [-0.15, -0.1) is 0 Å². The maximum absolute atomic E-state index is 11.6. The first kappa shape index (κ1) is 12.1. The van der Waals surface area contributed by atoms with Gasteiger partial charge in [0.2, 0.25) is 0 Å². The van der Waals surface area contributed by atoms with E-state index in [9.17, 15) is 4.79 Å². The summed E-state index contributed by atoms with van der Waals surface area (Å²) in [7, 11) is 0. The number of nitrogens with one attached hydrogen (secondary N) is 1. The molecule has 0 saturated carbocycles. The van der Waals surface area contributed by atoms with Crippen LogP contribution in [0.2, 0.25) is 0 Å². The molecule has 92 valence electrons. The smallest absolute Gasteiger partial charge is 0.347 e. The Labute approximate surface area is 104 Å². The molecule has 0 atom stereocenters. The molecule has 1 aromatic heterocycles. The summed E-state index contributed by atoms with van der Waals surface area (Å²) >= 11 is 0. The van der Waals surface area contributed by atoms with Gasteiger partial charge in [-0.2, -0.15) is 5.10 Å². The van der Waals surface area contributed by atoms with E-state index in [2.05, 4.69) is 22.0 Å². The van der Waals surface area contributed by atoms with Crippen molar-refractivity contribution in [2.45, 2.75) is 13.3 Å². The number of aromatic amines is 1. The average molecular weight is 243 g/mol. The molecule has 1 heterocycles. The van der Waals surface area contributed by atoms with Gasteiger partial charge in [0.1, 0.15) is 6.33 Å². The fourth-order valence-electron chi connectivity index (χ4n) is 1.58. The van der Waals surface area contributed by atoms with Crippen molar-refractivity contribution in [3.05, 3.63) is 46.1 Å². The van der Waals surface area contributed by atoms with Gasteiger partial charge in [0.15, 0.2) is 0 Å². The second-order valence-electron chi connectivity index (χ2n) is 3.83. The minimum atomic E-state index is -0.300. The molecular formula is C13H13N3O2. The zero-order valence-electron chi connectivity index (χ0n) is 9.97. The first-order valence-electron chi connectivity index (χ1n) is 5.55. The number of aliphatic hydroxyl groups excluding tert-OH is 1. The molecule has 0 saturated heterocycles. The Morgan fingerprint density at radius 3 is 3.00 bits per heavy atom. The third kappa shape index (κ3) is 2.50. The molecule has 5 heteroatoms. The highest BCUT2D eigenvalue weighted by atomic mass is 16.2. The van der Waals surface area contributed by atoms with Crippen LogP contribution in [0, 0.1) is 18.8 Å². The molecule has 5 nitrogen and oxygen atoms in total. The number of hydrogen-bond donors (Lipinski definition) is 2. The van der Waals surface area contributed by atoms with E-state index >= 15 is 0 Å². The molecule has 0 aliphatic rings. The molecule has 0 aliphatic carbocycles. The molecule has 0 radical (unpaired) electrons. The number of rotatable bonds is 2. The van der Waals surface area contributed by atoms with Gasteiger partial charge < -0.3 is 5.11 Å². The highest BCUT2D eigenvalue weighted by Gasteiger charge is 2.06. The highest BCUT2D eigenvalue weighted by Crippen LogP contribution is 2.13. The van der Waals surface area contributed by atoms with E-state index in [0.717, 1.165) is 11.1 Å². The average Bonchev–Trinajstić information content (AvgIpc) is 2.77. The van der Waals surface area contributed by atoms with E-state index in [1.54, 1.807) is 0 Å². The number of benzene rings is 1. The lowest BCUT2D eigenvalue weighted by atomic mass is 10.1. The standard InChI is InChI=1S/C13H13N3O2/c1-10-5-6-11(4-2-3-7-17)12(8-10)16-9-14-15-13(16)18/h5-6,8-9,17H,3,7H2,1H3,(H,15,18). The number of H-pyrrole nitrogens is 1. The van der Waals surface area contributed by atoms with Crippen LogP contribution in [0.5, 0.6) is 0 Å². The topological polar surface area (TPSA) is 70.9 Å². The summed E-state index contributed by atoms with van der Waals surface area (Å²) < 4.78 is 1.41. The Balaban J connectivity index is 2.52. The Morgan fingerprint density at radius 2 is 2.33 bits per heavy atom. The molecule has 0 amide bonds. The number of hydrogen-bond acceptors (Lipinski definition) is 3. The van der Waals surface area contributed by atoms with Crippen molar-refractivity contribution in [3.63, 3.8) is 0 Å². The molecule has 0 fully saturated rings. The van der Waals surface area contributed by atoms with Crippen molar-refractivity contribution in [1.29, 1.82) is 0 Å². The Hall–Kier alpha value is -2.32. The van der Waals surface area contributed by atoms with Gasteiger partial charge in [-0.1, -0.05) is 17.9 Å². The van der Waals surface area contributed by atoms with Crippen molar-refractivity contribution < 1.29 is 5.11 Å². The monoisotopic (exact) mass is 243 g/mol. The van der Waals surface area contributed by atoms with Crippen LogP contribution in [0.1, 0.15) is 17.5 Å². The predicted octanol–water partition coefficient (Wildman–Crippen LogP) is 0.603. The fraction of sp³-hybridized carbons (Fsp3) is 0.231. The first-order valence-corrected chi connectivity index (χ1v) is 5.55. The van der Waals surface area contributed by atoms with Gasteiger partial charge in [-0.3, -0.25) is 0 Å². The van der Waals surface area contributed by atoms with E-state index in [4.69, 9.17) is 5.11 Å². The van der Waals surface area contributed by atoms with Crippen LogP contribution in [-0.2, 0) is 0 Å². The van der Waals surface area contributed by atoms with Crippen molar-refractivity contribution in [2.24, 2.45) is 0 Å². The summed E-state index contributed by atoms with van der Waals surface area (Å²) in [6.07, 6.45) is 1.84. The zero-order valence-corrected chi connectivity index (χ0v) is 9.97. The summed E-state index contributed by atoms with van der Waals surface area (Å²) in [4.78, 5) is 11.6. The molecule has 0 spiro atoms. The van der Waals surface area contributed by atoms with Gasteiger partial charge in [0, 0.05) is 12.0 Å². The third-order valence-corrected chi connectivity index (χ3v) is 2.42. The van der Waals surface area contributed by atoms with Gasteiger partial charge in [0.05, 0.1) is 12.3 Å². The summed E-state index contributed by atoms with van der Waals surface area (Å²) in [5, 5.41) is 14.8. The van der Waals surface area contributed by atoms with Gasteiger partial charge in [-0.05, 0) is 24.6 Å². The first-order chi connectivity index (χ1) is 8.72. The van der Waals surface area contributed by atoms with E-state index in [0.29, 0.717) is 12.1 Å². The van der Waals surface area contributed by atoms with Crippen LogP contribution in [0.25, 0.3) is 5.69 Å². The summed E-state index contributed by atoms with van der Waals surface area (Å²) in [6, 6.07) is 5.66. The molecule has 2 aromatic rings. The summed E-state index contributed by atoms with van der Waals surface area (Å²) in [5.41, 5.74) is 2.16. The molecule has 0 aliphatic heterocycles. The highest BCUT2D eigenvalue weighted by molar-refractivity contribution is 5.52. The minimum absolute atomic E-state index is 0.0276. The number of aryl methyl sites for hydroxylation is 1. The van der Waals surface area contributed by atoms with Crippen molar-refractivity contribution in [1.82, 2.24) is 14.8 Å². The summed E-state index contributed by atoms with van der Waals surface area (Å²) in [5.74, 6) is 5.79. The minimum Gasteiger partial charge on any atom is -0.395 e. The van der Waals surface area contributed by atoms with Crippen LogP contribution in [-0.4, -0.2) is 26.5 Å². The van der Waals surface area contributed by atoms with Gasteiger partial charge in [0.25, 0.3) is 0 Å². The molecule has 0 bridgehead atoms. The maximum Gasteiger partial charge on any atom is 0.347 e. The molecule has 0 unspecified atom stereocenters. The van der Waals surface area contributed by atoms with Crippen LogP contribution in [0.4, 0.5) is 0 Å². The zero-order chi connectivity index (χ0) is 13.0. The van der Waals surface area contributed by atoms with E-state index in [1.165, 1.54) is 10.9 Å². The van der Waals surface area contributed by atoms with Crippen LogP contribution in [0.3, 0.4) is 0 Å². The van der Waals surface area contributed by atoms with Crippen molar-refractivity contribution in [2.75, 3.05) is 6.61 Å². The van der Waals surface area contributed by atoms with Crippen molar-refractivity contribution in [3.8, 4) is 17.5 Å². The van der Waals surface area contributed by atoms with E-state index in [-0.39, 0.29) is 12.3 Å². The quantitative estimate of drug-likeness (QED) is 0.759. The molecule has 2 N–H and O–H groups in total. The maximum atomic E-state index is 11.6. The van der Waals surface area contributed by atoms with Gasteiger partial charge >= 0.3 is 5.69 Å². The van der Waals surface area contributed by atoms with Gasteiger partial charge in [-0.25, -0.2) is 14.5 Å². The summed E-state index contributed by atoms with van der Waals surface area (Å²) in [6.45, 7) is 1.97. The molecule has 2 rings (SSSR count). The lowest BCUT2D eigenvalue weighted by Gasteiger charge is -2.05. The second-order valence-corrected chi connectivity index (χ2v) is 3.83. The number of nitrogens with zero attached hydrogens (tertiary/aromatic N) is 2. The predicted molar refractivity (Wildman–Crippen MR) is 67.5 cm³/mol. The lowest BCUT2D eigenvalue weighted by Crippen LogP contribution is -2.15. The van der Waals surface area contributed by atoms with Crippen molar-refractivity contribution >= 4 is 0 Å². The largest absolute Gasteiger partial charge is 0.395 e. The van der Waals surface area contributed by atoms with Crippen LogP contribution < -0.4 is 5.69 Å².